The molecule has 0 aliphatic heterocycles. The number of rotatable bonds is 0. The molecule has 20 heavy (non-hydrogen) atoms. The third-order valence-electron chi connectivity index (χ3n) is 3.51. The third kappa shape index (κ3) is 1.19. The van der Waals surface area contributed by atoms with Crippen molar-refractivity contribution in [3.05, 3.63) is 63.2 Å². The van der Waals surface area contributed by atoms with E-state index in [2.05, 4.69) is 4.98 Å². The molecule has 0 amide bonds. The van der Waals surface area contributed by atoms with E-state index in [0.717, 1.165) is 0 Å². The maximum Gasteiger partial charge on any atom is 0.352 e. The first-order valence-electron chi connectivity index (χ1n) is 6.05. The van der Waals surface area contributed by atoms with Gasteiger partial charge in [-0.3, -0.25) is 9.20 Å². The Labute approximate surface area is 111 Å². The smallest absolute Gasteiger partial charge is 0.352 e. The average Bonchev–Trinajstić information content (AvgIpc) is 2.46. The van der Waals surface area contributed by atoms with E-state index >= 15 is 0 Å². The maximum atomic E-state index is 12.5. The van der Waals surface area contributed by atoms with E-state index in [-0.39, 0.29) is 10.8 Å². The number of pyridine rings is 1. The van der Waals surface area contributed by atoms with Crippen LogP contribution < -0.4 is 16.2 Å². The summed E-state index contributed by atoms with van der Waals surface area (Å²) in [6.45, 7) is 0. The SMILES string of the molecule is O=c1c2ccccc2n2c(=O)nc([O-])c3cccc1c32. The first-order chi connectivity index (χ1) is 9.68. The van der Waals surface area contributed by atoms with E-state index in [4.69, 9.17) is 0 Å². The van der Waals surface area contributed by atoms with Crippen molar-refractivity contribution in [3.8, 4) is 5.88 Å². The Bertz CT molecular complexity index is 1100. The quantitative estimate of drug-likeness (QED) is 0.348. The van der Waals surface area contributed by atoms with Crippen LogP contribution in [0.15, 0.2) is 52.1 Å². The Morgan fingerprint density at radius 2 is 1.60 bits per heavy atom. The Morgan fingerprint density at radius 1 is 0.900 bits per heavy atom. The van der Waals surface area contributed by atoms with E-state index in [1.54, 1.807) is 42.5 Å². The van der Waals surface area contributed by atoms with Crippen molar-refractivity contribution in [3.63, 3.8) is 0 Å². The highest BCUT2D eigenvalue weighted by atomic mass is 16.3. The number of para-hydroxylation sites is 2. The molecule has 0 saturated carbocycles. The summed E-state index contributed by atoms with van der Waals surface area (Å²) in [5, 5.41) is 12.9. The average molecular weight is 263 g/mol. The van der Waals surface area contributed by atoms with Crippen molar-refractivity contribution in [2.75, 3.05) is 0 Å². The largest absolute Gasteiger partial charge is 0.858 e. The van der Waals surface area contributed by atoms with Gasteiger partial charge in [0.15, 0.2) is 5.43 Å². The number of aromatic nitrogens is 2. The van der Waals surface area contributed by atoms with Crippen molar-refractivity contribution in [1.82, 2.24) is 9.38 Å². The molecular weight excluding hydrogens is 256 g/mol. The molecule has 0 N–H and O–H groups in total. The standard InChI is InChI=1S/C15H8N2O3/c18-13-8-4-1-2-7-11(8)17-12-9(13)5-3-6-10(12)14(19)16-15(17)20/h1-7H,(H,16,19,20)/p-1. The molecule has 0 radical (unpaired) electrons. The predicted molar refractivity (Wildman–Crippen MR) is 73.4 cm³/mol. The molecule has 4 aromatic rings. The maximum absolute atomic E-state index is 12.5. The summed E-state index contributed by atoms with van der Waals surface area (Å²) in [7, 11) is 0. The van der Waals surface area contributed by atoms with Gasteiger partial charge in [-0.15, -0.1) is 0 Å². The highest BCUT2D eigenvalue weighted by Gasteiger charge is 2.13. The topological polar surface area (TPSA) is 74.5 Å². The molecule has 0 fully saturated rings. The zero-order valence-corrected chi connectivity index (χ0v) is 10.2. The van der Waals surface area contributed by atoms with Gasteiger partial charge in [0.05, 0.1) is 11.0 Å². The minimum Gasteiger partial charge on any atom is -0.858 e. The molecule has 5 heteroatoms. The molecular formula is C15H7N2O3-. The molecule has 96 valence electrons. The van der Waals surface area contributed by atoms with Crippen LogP contribution in [-0.2, 0) is 0 Å². The van der Waals surface area contributed by atoms with Crippen LogP contribution >= 0.6 is 0 Å². The summed E-state index contributed by atoms with van der Waals surface area (Å²) in [5.41, 5.74) is -0.0222. The van der Waals surface area contributed by atoms with Crippen LogP contribution in [0.1, 0.15) is 0 Å². The summed E-state index contributed by atoms with van der Waals surface area (Å²) in [5.74, 6) is -0.602. The lowest BCUT2D eigenvalue weighted by Gasteiger charge is -2.14. The normalized spacial score (nSPS) is 11.6. The number of nitrogens with zero attached hydrogens (tertiary/aromatic N) is 2. The van der Waals surface area contributed by atoms with Crippen molar-refractivity contribution in [2.24, 2.45) is 0 Å². The summed E-state index contributed by atoms with van der Waals surface area (Å²) < 4.78 is 1.34. The van der Waals surface area contributed by atoms with Gasteiger partial charge in [-0.05, 0) is 18.2 Å². The second-order valence-corrected chi connectivity index (χ2v) is 4.58. The second kappa shape index (κ2) is 3.54. The van der Waals surface area contributed by atoms with Gasteiger partial charge in [-0.1, -0.05) is 24.3 Å². The lowest BCUT2D eigenvalue weighted by Crippen LogP contribution is -2.22. The Morgan fingerprint density at radius 3 is 2.45 bits per heavy atom. The molecule has 2 heterocycles. The van der Waals surface area contributed by atoms with Crippen LogP contribution in [0.2, 0.25) is 0 Å². The van der Waals surface area contributed by atoms with Crippen molar-refractivity contribution >= 4 is 27.2 Å². The van der Waals surface area contributed by atoms with Crippen molar-refractivity contribution in [1.29, 1.82) is 0 Å². The molecule has 2 aromatic carbocycles. The highest BCUT2D eigenvalue weighted by Crippen LogP contribution is 2.24. The second-order valence-electron chi connectivity index (χ2n) is 4.58. The van der Waals surface area contributed by atoms with Crippen LogP contribution in [0.5, 0.6) is 5.88 Å². The van der Waals surface area contributed by atoms with Crippen LogP contribution in [0, 0.1) is 0 Å². The summed E-state index contributed by atoms with van der Waals surface area (Å²) in [6, 6.07) is 11.6. The minimum atomic E-state index is -0.657. The van der Waals surface area contributed by atoms with E-state index in [0.29, 0.717) is 21.8 Å². The molecule has 0 unspecified atom stereocenters. The Hall–Kier alpha value is -2.95. The summed E-state index contributed by atoms with van der Waals surface area (Å²) in [6.07, 6.45) is 0. The fourth-order valence-corrected chi connectivity index (χ4v) is 2.66. The first kappa shape index (κ1) is 10.9. The van der Waals surface area contributed by atoms with E-state index in [1.807, 2.05) is 0 Å². The number of fused-ring (bicyclic) bond motifs is 2. The number of benzene rings is 2. The fraction of sp³-hybridized carbons (Fsp3) is 0. The van der Waals surface area contributed by atoms with Crippen molar-refractivity contribution < 1.29 is 5.11 Å². The molecule has 0 saturated heterocycles. The molecule has 0 spiro atoms. The van der Waals surface area contributed by atoms with Gasteiger partial charge in [-0.25, -0.2) is 9.78 Å². The molecule has 5 nitrogen and oxygen atoms in total. The van der Waals surface area contributed by atoms with Gasteiger partial charge >= 0.3 is 5.69 Å². The third-order valence-corrected chi connectivity index (χ3v) is 3.51. The van der Waals surface area contributed by atoms with Gasteiger partial charge in [0.1, 0.15) is 0 Å². The zero-order chi connectivity index (χ0) is 13.9. The zero-order valence-electron chi connectivity index (χ0n) is 10.2. The van der Waals surface area contributed by atoms with Crippen molar-refractivity contribution in [2.45, 2.75) is 0 Å². The van der Waals surface area contributed by atoms with Crippen LogP contribution in [0.4, 0.5) is 0 Å². The van der Waals surface area contributed by atoms with Gasteiger partial charge < -0.3 is 5.11 Å². The van der Waals surface area contributed by atoms with E-state index in [1.165, 1.54) is 4.40 Å². The lowest BCUT2D eigenvalue weighted by atomic mass is 10.1. The Kier molecular flexibility index (Phi) is 1.93. The van der Waals surface area contributed by atoms with Crippen LogP contribution in [0.25, 0.3) is 27.2 Å². The van der Waals surface area contributed by atoms with Crippen LogP contribution in [-0.4, -0.2) is 9.38 Å². The molecule has 0 aliphatic rings. The number of hydrogen-bond acceptors (Lipinski definition) is 4. The monoisotopic (exact) mass is 263 g/mol. The minimum absolute atomic E-state index is 0.184. The Balaban J connectivity index is 2.57. The molecule has 4 rings (SSSR count). The van der Waals surface area contributed by atoms with Gasteiger partial charge in [0.25, 0.3) is 0 Å². The molecule has 0 atom stereocenters. The van der Waals surface area contributed by atoms with Gasteiger partial charge in [0.2, 0.25) is 0 Å². The van der Waals surface area contributed by atoms with E-state index < -0.39 is 11.6 Å². The predicted octanol–water partition coefficient (Wildman–Crippen LogP) is 0.872. The van der Waals surface area contributed by atoms with E-state index in [9.17, 15) is 14.7 Å². The lowest BCUT2D eigenvalue weighted by molar-refractivity contribution is -0.272. The summed E-state index contributed by atoms with van der Waals surface area (Å²) in [4.78, 5) is 28.1. The molecule has 2 aromatic heterocycles. The van der Waals surface area contributed by atoms with Gasteiger partial charge in [-0.2, -0.15) is 0 Å². The highest BCUT2D eigenvalue weighted by molar-refractivity contribution is 6.03. The summed E-state index contributed by atoms with van der Waals surface area (Å²) >= 11 is 0. The first-order valence-corrected chi connectivity index (χ1v) is 6.05. The fourth-order valence-electron chi connectivity index (χ4n) is 2.66. The van der Waals surface area contributed by atoms with Gasteiger partial charge in [0, 0.05) is 22.0 Å². The van der Waals surface area contributed by atoms with Crippen LogP contribution in [0.3, 0.4) is 0 Å². The molecule has 0 bridgehead atoms. The number of hydrogen-bond donors (Lipinski definition) is 0. The molecule has 0 aliphatic carbocycles.